The average Bonchev–Trinajstić information content (AvgIpc) is 3.19. The van der Waals surface area contributed by atoms with Gasteiger partial charge in [-0.15, -0.1) is 11.3 Å². The highest BCUT2D eigenvalue weighted by molar-refractivity contribution is 7.80. The lowest BCUT2D eigenvalue weighted by molar-refractivity contribution is -0.384. The number of benzene rings is 2. The summed E-state index contributed by atoms with van der Waals surface area (Å²) < 4.78 is 10.5. The highest BCUT2D eigenvalue weighted by Crippen LogP contribution is 2.36. The van der Waals surface area contributed by atoms with Crippen molar-refractivity contribution >= 4 is 51.0 Å². The molecule has 0 bridgehead atoms. The zero-order chi connectivity index (χ0) is 23.1. The summed E-state index contributed by atoms with van der Waals surface area (Å²) in [7, 11) is 0. The van der Waals surface area contributed by atoms with Crippen LogP contribution in [0.4, 0.5) is 16.4 Å². The van der Waals surface area contributed by atoms with E-state index in [0.717, 1.165) is 10.4 Å². The van der Waals surface area contributed by atoms with Crippen LogP contribution in [-0.4, -0.2) is 29.2 Å². The van der Waals surface area contributed by atoms with E-state index >= 15 is 0 Å². The SMILES string of the molecule is CCOC(=O)c1cc(-c2ccccc2)sc1NC(=S)Nc1ccc(OCC)cc1[N+](=O)[O-]. The second-order valence-electron chi connectivity index (χ2n) is 6.39. The number of thiocarbonyl (C=S) groups is 1. The monoisotopic (exact) mass is 471 g/mol. The third kappa shape index (κ3) is 5.59. The van der Waals surface area contributed by atoms with Gasteiger partial charge in [-0.25, -0.2) is 4.79 Å². The van der Waals surface area contributed by atoms with Crippen LogP contribution in [0.25, 0.3) is 10.4 Å². The lowest BCUT2D eigenvalue weighted by Gasteiger charge is -2.12. The van der Waals surface area contributed by atoms with Crippen LogP contribution in [-0.2, 0) is 4.74 Å². The fraction of sp³-hybridized carbons (Fsp3) is 0.182. The normalized spacial score (nSPS) is 10.3. The fourth-order valence-electron chi connectivity index (χ4n) is 2.87. The molecule has 1 aromatic heterocycles. The Bertz CT molecular complexity index is 1130. The fourth-order valence-corrected chi connectivity index (χ4v) is 4.20. The number of carbonyl (C=O) groups excluding carboxylic acids is 1. The van der Waals surface area contributed by atoms with Crippen LogP contribution >= 0.6 is 23.6 Å². The van der Waals surface area contributed by atoms with Crippen LogP contribution in [0, 0.1) is 10.1 Å². The third-order valence-corrected chi connectivity index (χ3v) is 5.54. The molecule has 2 aromatic carbocycles. The zero-order valence-electron chi connectivity index (χ0n) is 17.4. The summed E-state index contributed by atoms with van der Waals surface area (Å²) in [6.07, 6.45) is 0. The molecular formula is C22H21N3O5S2. The van der Waals surface area contributed by atoms with Crippen molar-refractivity contribution in [3.8, 4) is 16.2 Å². The number of carbonyl (C=O) groups is 1. The van der Waals surface area contributed by atoms with Crippen molar-refractivity contribution < 1.29 is 19.2 Å². The van der Waals surface area contributed by atoms with Crippen LogP contribution in [0.1, 0.15) is 24.2 Å². The number of thiophene rings is 1. The van der Waals surface area contributed by atoms with Crippen molar-refractivity contribution in [3.05, 3.63) is 70.3 Å². The maximum atomic E-state index is 12.5. The Hall–Kier alpha value is -3.50. The summed E-state index contributed by atoms with van der Waals surface area (Å²) in [5.74, 6) is -0.0951. The van der Waals surface area contributed by atoms with Crippen molar-refractivity contribution in [1.82, 2.24) is 0 Å². The summed E-state index contributed by atoms with van der Waals surface area (Å²) >= 11 is 6.70. The smallest absolute Gasteiger partial charge is 0.341 e. The number of rotatable bonds is 8. The second kappa shape index (κ2) is 10.7. The molecule has 3 aromatic rings. The lowest BCUT2D eigenvalue weighted by Crippen LogP contribution is -2.20. The molecule has 1 heterocycles. The molecule has 2 N–H and O–H groups in total. The van der Waals surface area contributed by atoms with Crippen LogP contribution in [0.2, 0.25) is 0 Å². The predicted octanol–water partition coefficient (Wildman–Crippen LogP) is 5.71. The topological polar surface area (TPSA) is 103 Å². The van der Waals surface area contributed by atoms with E-state index in [0.29, 0.717) is 22.9 Å². The Morgan fingerprint density at radius 2 is 1.84 bits per heavy atom. The molecule has 0 aliphatic carbocycles. The van der Waals surface area contributed by atoms with Crippen molar-refractivity contribution in [2.45, 2.75) is 13.8 Å². The highest BCUT2D eigenvalue weighted by Gasteiger charge is 2.21. The van der Waals surface area contributed by atoms with Crippen LogP contribution < -0.4 is 15.4 Å². The van der Waals surface area contributed by atoms with Gasteiger partial charge in [-0.05, 0) is 49.8 Å². The largest absolute Gasteiger partial charge is 0.494 e. The van der Waals surface area contributed by atoms with Crippen molar-refractivity contribution in [2.75, 3.05) is 23.8 Å². The molecule has 0 fully saturated rings. The number of esters is 1. The second-order valence-corrected chi connectivity index (χ2v) is 7.85. The maximum Gasteiger partial charge on any atom is 0.341 e. The summed E-state index contributed by atoms with van der Waals surface area (Å²) in [6.45, 7) is 4.15. The minimum Gasteiger partial charge on any atom is -0.494 e. The first-order chi connectivity index (χ1) is 15.4. The molecule has 32 heavy (non-hydrogen) atoms. The Morgan fingerprint density at radius 3 is 2.50 bits per heavy atom. The van der Waals surface area contributed by atoms with E-state index in [1.165, 1.54) is 23.5 Å². The Morgan fingerprint density at radius 1 is 1.09 bits per heavy atom. The number of nitro groups is 1. The molecule has 0 saturated carbocycles. The molecule has 3 rings (SSSR count). The van der Waals surface area contributed by atoms with Crippen LogP contribution in [0.15, 0.2) is 54.6 Å². The van der Waals surface area contributed by atoms with Gasteiger partial charge in [0.1, 0.15) is 16.4 Å². The molecule has 0 radical (unpaired) electrons. The molecule has 0 saturated heterocycles. The zero-order valence-corrected chi connectivity index (χ0v) is 19.0. The number of nitrogens with zero attached hydrogens (tertiary/aromatic N) is 1. The van der Waals surface area contributed by atoms with Crippen molar-refractivity contribution in [1.29, 1.82) is 0 Å². The minimum atomic E-state index is -0.518. The van der Waals surface area contributed by atoms with E-state index in [-0.39, 0.29) is 23.1 Å². The van der Waals surface area contributed by atoms with Gasteiger partial charge in [0.15, 0.2) is 5.11 Å². The number of nitrogens with one attached hydrogen (secondary N) is 2. The molecule has 0 spiro atoms. The van der Waals surface area contributed by atoms with Crippen LogP contribution in [0.5, 0.6) is 5.75 Å². The van der Waals surface area contributed by atoms with Gasteiger partial charge in [-0.2, -0.15) is 0 Å². The molecule has 0 aliphatic heterocycles. The lowest BCUT2D eigenvalue weighted by atomic mass is 10.1. The molecule has 166 valence electrons. The van der Waals surface area contributed by atoms with E-state index in [9.17, 15) is 14.9 Å². The average molecular weight is 472 g/mol. The van der Waals surface area contributed by atoms with Crippen LogP contribution in [0.3, 0.4) is 0 Å². The summed E-state index contributed by atoms with van der Waals surface area (Å²) in [5, 5.41) is 17.9. The van der Waals surface area contributed by atoms with Gasteiger partial charge in [0, 0.05) is 4.88 Å². The molecule has 0 atom stereocenters. The van der Waals surface area contributed by atoms with Gasteiger partial charge >= 0.3 is 5.97 Å². The van der Waals surface area contributed by atoms with E-state index < -0.39 is 10.9 Å². The summed E-state index contributed by atoms with van der Waals surface area (Å²) in [5.41, 5.74) is 1.30. The first kappa shape index (κ1) is 23.2. The van der Waals surface area contributed by atoms with Gasteiger partial charge in [0.2, 0.25) is 0 Å². The predicted molar refractivity (Wildman–Crippen MR) is 130 cm³/mol. The first-order valence-corrected chi connectivity index (χ1v) is 11.0. The first-order valence-electron chi connectivity index (χ1n) is 9.78. The van der Waals surface area contributed by atoms with E-state index in [2.05, 4.69) is 10.6 Å². The summed E-state index contributed by atoms with van der Waals surface area (Å²) in [6, 6.07) is 15.8. The van der Waals surface area contributed by atoms with Crippen molar-refractivity contribution in [2.24, 2.45) is 0 Å². The number of nitro benzene ring substituents is 1. The molecular weight excluding hydrogens is 450 g/mol. The number of anilines is 2. The van der Waals surface area contributed by atoms with Gasteiger partial charge in [0.05, 0.1) is 29.8 Å². The highest BCUT2D eigenvalue weighted by atomic mass is 32.1. The standard InChI is InChI=1S/C22H21N3O5S2/c1-3-29-15-10-11-17(18(12-15)25(27)28)23-22(31)24-20-16(21(26)30-4-2)13-19(32-20)14-8-6-5-7-9-14/h5-13H,3-4H2,1-2H3,(H2,23,24,31). The molecule has 8 nitrogen and oxygen atoms in total. The summed E-state index contributed by atoms with van der Waals surface area (Å²) in [4.78, 5) is 24.3. The van der Waals surface area contributed by atoms with Gasteiger partial charge < -0.3 is 20.1 Å². The third-order valence-electron chi connectivity index (χ3n) is 4.24. The Balaban J connectivity index is 1.86. The molecule has 0 unspecified atom stereocenters. The van der Waals surface area contributed by atoms with E-state index in [4.69, 9.17) is 21.7 Å². The van der Waals surface area contributed by atoms with Crippen molar-refractivity contribution in [3.63, 3.8) is 0 Å². The van der Waals surface area contributed by atoms with E-state index in [1.807, 2.05) is 30.3 Å². The quantitative estimate of drug-likeness (QED) is 0.186. The van der Waals surface area contributed by atoms with Gasteiger partial charge in [-0.1, -0.05) is 30.3 Å². The number of hydrogen-bond donors (Lipinski definition) is 2. The molecule has 0 amide bonds. The Kier molecular flexibility index (Phi) is 7.74. The number of hydrogen-bond acceptors (Lipinski definition) is 7. The van der Waals surface area contributed by atoms with Gasteiger partial charge in [0.25, 0.3) is 5.69 Å². The van der Waals surface area contributed by atoms with Gasteiger partial charge in [-0.3, -0.25) is 10.1 Å². The molecule has 0 aliphatic rings. The van der Waals surface area contributed by atoms with E-state index in [1.54, 1.807) is 26.0 Å². The minimum absolute atomic E-state index is 0.101. The maximum absolute atomic E-state index is 12.5. The number of ether oxygens (including phenoxy) is 2. The molecule has 10 heteroatoms. The Labute approximate surface area is 194 Å².